The van der Waals surface area contributed by atoms with Crippen LogP contribution in [0, 0.1) is 0 Å². The summed E-state index contributed by atoms with van der Waals surface area (Å²) in [4.78, 5) is 14.3. The lowest BCUT2D eigenvalue weighted by molar-refractivity contribution is 0.112. The Kier molecular flexibility index (Phi) is 8.72. The van der Waals surface area contributed by atoms with Gasteiger partial charge in [-0.3, -0.25) is 0 Å². The van der Waals surface area contributed by atoms with E-state index in [0.29, 0.717) is 13.0 Å². The van der Waals surface area contributed by atoms with Crippen molar-refractivity contribution < 1.29 is 9.53 Å². The predicted molar refractivity (Wildman–Crippen MR) is 94.0 cm³/mol. The number of nitrogens with zero attached hydrogens (tertiary/aromatic N) is 1. The van der Waals surface area contributed by atoms with Crippen LogP contribution in [0.3, 0.4) is 0 Å². The van der Waals surface area contributed by atoms with E-state index in [9.17, 15) is 4.79 Å². The van der Waals surface area contributed by atoms with Crippen LogP contribution in [0.1, 0.15) is 6.42 Å². The first kappa shape index (κ1) is 19.7. The normalized spacial score (nSPS) is 12.8. The number of hydrogen-bond acceptors (Lipinski definition) is 4. The largest absolute Gasteiger partial charge is 0.445 e. The minimum Gasteiger partial charge on any atom is -0.445 e. The first-order valence-corrected chi connectivity index (χ1v) is 8.78. The molecule has 1 atom stereocenters. The van der Waals surface area contributed by atoms with Crippen LogP contribution in [0.4, 0.5) is 4.79 Å². The fourth-order valence-corrected chi connectivity index (χ4v) is 2.59. The summed E-state index contributed by atoms with van der Waals surface area (Å²) in [7, 11) is 1.62. The van der Waals surface area contributed by atoms with Crippen molar-refractivity contribution >= 4 is 52.7 Å². The Hall–Kier alpha value is -0.330. The lowest BCUT2D eigenvalue weighted by Crippen LogP contribution is -2.34. The highest BCUT2D eigenvalue weighted by Crippen LogP contribution is 2.26. The summed E-state index contributed by atoms with van der Waals surface area (Å²) in [5.41, 5.74) is 6.05. The molecule has 0 saturated heterocycles. The molecular weight excluding hydrogens is 367 g/mol. The number of alkyl halides is 3. The van der Waals surface area contributed by atoms with Crippen LogP contribution in [-0.2, 0) is 4.74 Å². The number of amides is 1. The molecule has 0 aromatic heterocycles. The summed E-state index contributed by atoms with van der Waals surface area (Å²) in [6.07, 6.45) is 0.133. The smallest absolute Gasteiger partial charge is 0.409 e. The quantitative estimate of drug-likeness (QED) is 0.570. The van der Waals surface area contributed by atoms with Gasteiger partial charge in [-0.2, -0.15) is 0 Å². The highest BCUT2D eigenvalue weighted by atomic mass is 35.6. The summed E-state index contributed by atoms with van der Waals surface area (Å²) in [6, 6.07) is 10.0. The van der Waals surface area contributed by atoms with Gasteiger partial charge in [0.15, 0.2) is 0 Å². The summed E-state index contributed by atoms with van der Waals surface area (Å²) < 4.78 is 3.28. The summed E-state index contributed by atoms with van der Waals surface area (Å²) >= 11 is 18.3. The van der Waals surface area contributed by atoms with Crippen molar-refractivity contribution in [2.45, 2.75) is 21.2 Å². The SMILES string of the molecule is CN(CC[C@@H](N)CSc1ccccc1)C(=O)OCC(Cl)(Cl)Cl. The zero-order valence-electron chi connectivity index (χ0n) is 12.2. The molecule has 0 fully saturated rings. The summed E-state index contributed by atoms with van der Waals surface area (Å²) in [6.45, 7) is 0.200. The molecule has 4 nitrogen and oxygen atoms in total. The lowest BCUT2D eigenvalue weighted by Gasteiger charge is -2.20. The number of ether oxygens (including phenoxy) is 1. The van der Waals surface area contributed by atoms with Gasteiger partial charge in [-0.25, -0.2) is 4.79 Å². The number of benzene rings is 1. The van der Waals surface area contributed by atoms with E-state index in [0.717, 1.165) is 5.75 Å². The van der Waals surface area contributed by atoms with E-state index in [4.69, 9.17) is 45.3 Å². The van der Waals surface area contributed by atoms with E-state index >= 15 is 0 Å². The summed E-state index contributed by atoms with van der Waals surface area (Å²) in [5.74, 6) is 0.779. The minimum absolute atomic E-state index is 0.0198. The Morgan fingerprint density at radius 3 is 2.59 bits per heavy atom. The Labute approximate surface area is 150 Å². The van der Waals surface area contributed by atoms with Gasteiger partial charge in [0.05, 0.1) is 0 Å². The van der Waals surface area contributed by atoms with Gasteiger partial charge in [-0.05, 0) is 18.6 Å². The maximum atomic E-state index is 11.7. The fourth-order valence-electron chi connectivity index (χ4n) is 1.51. The van der Waals surface area contributed by atoms with E-state index in [1.807, 2.05) is 30.3 Å². The van der Waals surface area contributed by atoms with Crippen LogP contribution in [0.15, 0.2) is 35.2 Å². The molecule has 0 aliphatic rings. The molecule has 0 spiro atoms. The zero-order chi connectivity index (χ0) is 16.6. The van der Waals surface area contributed by atoms with Crippen LogP contribution in [-0.4, -0.2) is 46.8 Å². The van der Waals surface area contributed by atoms with Gasteiger partial charge in [0.2, 0.25) is 3.79 Å². The molecular formula is C14H19Cl3N2O2S. The van der Waals surface area contributed by atoms with Crippen molar-refractivity contribution in [3.8, 4) is 0 Å². The van der Waals surface area contributed by atoms with Gasteiger partial charge in [0, 0.05) is 30.3 Å². The highest BCUT2D eigenvalue weighted by molar-refractivity contribution is 7.99. The standard InChI is InChI=1S/C14H19Cl3N2O2S/c1-19(13(20)21-10-14(15,16)17)8-7-11(18)9-22-12-5-3-2-4-6-12/h2-6,11H,7-10,18H2,1H3/t11-/m1/s1. The van der Waals surface area contributed by atoms with Crippen LogP contribution < -0.4 is 5.73 Å². The number of nitrogens with two attached hydrogens (primary N) is 1. The van der Waals surface area contributed by atoms with E-state index in [-0.39, 0.29) is 12.6 Å². The minimum atomic E-state index is -1.60. The van der Waals surface area contributed by atoms with Gasteiger partial charge < -0.3 is 15.4 Å². The first-order valence-electron chi connectivity index (χ1n) is 6.66. The van der Waals surface area contributed by atoms with Crippen LogP contribution >= 0.6 is 46.6 Å². The molecule has 0 saturated carbocycles. The van der Waals surface area contributed by atoms with Crippen LogP contribution in [0.2, 0.25) is 0 Å². The summed E-state index contributed by atoms with van der Waals surface area (Å²) in [5, 5.41) is 0. The van der Waals surface area contributed by atoms with Crippen molar-refractivity contribution in [3.63, 3.8) is 0 Å². The molecule has 0 aliphatic carbocycles. The maximum Gasteiger partial charge on any atom is 0.409 e. The topological polar surface area (TPSA) is 55.6 Å². The first-order chi connectivity index (χ1) is 10.3. The molecule has 0 radical (unpaired) electrons. The molecule has 1 amide bonds. The average Bonchev–Trinajstić information content (AvgIpc) is 2.48. The van der Waals surface area contributed by atoms with Crippen LogP contribution in [0.5, 0.6) is 0 Å². The average molecular weight is 386 g/mol. The molecule has 2 N–H and O–H groups in total. The lowest BCUT2D eigenvalue weighted by atomic mass is 10.2. The van der Waals surface area contributed by atoms with Gasteiger partial charge in [-0.15, -0.1) is 11.8 Å². The fraction of sp³-hybridized carbons (Fsp3) is 0.500. The molecule has 0 heterocycles. The number of halogens is 3. The Balaban J connectivity index is 2.22. The predicted octanol–water partition coefficient (Wildman–Crippen LogP) is 3.93. The molecule has 1 rings (SSSR count). The van der Waals surface area contributed by atoms with Gasteiger partial charge >= 0.3 is 6.09 Å². The van der Waals surface area contributed by atoms with Crippen molar-refractivity contribution in [2.75, 3.05) is 26.0 Å². The van der Waals surface area contributed by atoms with E-state index < -0.39 is 9.89 Å². The number of hydrogen-bond donors (Lipinski definition) is 1. The third-order valence-corrected chi connectivity index (χ3v) is 4.24. The Morgan fingerprint density at radius 2 is 2.00 bits per heavy atom. The maximum absolute atomic E-state index is 11.7. The molecule has 0 aliphatic heterocycles. The number of thioether (sulfide) groups is 1. The Morgan fingerprint density at radius 1 is 1.36 bits per heavy atom. The number of carbonyl (C=O) groups is 1. The van der Waals surface area contributed by atoms with E-state index in [2.05, 4.69) is 0 Å². The van der Waals surface area contributed by atoms with Crippen molar-refractivity contribution in [3.05, 3.63) is 30.3 Å². The third kappa shape index (κ3) is 8.96. The second-order valence-electron chi connectivity index (χ2n) is 4.76. The van der Waals surface area contributed by atoms with Crippen molar-refractivity contribution in [1.29, 1.82) is 0 Å². The van der Waals surface area contributed by atoms with Crippen molar-refractivity contribution in [1.82, 2.24) is 4.90 Å². The van der Waals surface area contributed by atoms with E-state index in [1.165, 1.54) is 9.80 Å². The van der Waals surface area contributed by atoms with Crippen molar-refractivity contribution in [2.24, 2.45) is 5.73 Å². The van der Waals surface area contributed by atoms with Gasteiger partial charge in [-0.1, -0.05) is 53.0 Å². The van der Waals surface area contributed by atoms with E-state index in [1.54, 1.807) is 18.8 Å². The van der Waals surface area contributed by atoms with Crippen LogP contribution in [0.25, 0.3) is 0 Å². The monoisotopic (exact) mass is 384 g/mol. The zero-order valence-corrected chi connectivity index (χ0v) is 15.3. The molecule has 124 valence electrons. The second kappa shape index (κ2) is 9.73. The molecule has 8 heteroatoms. The molecule has 0 bridgehead atoms. The van der Waals surface area contributed by atoms with Gasteiger partial charge in [0.25, 0.3) is 0 Å². The van der Waals surface area contributed by atoms with Gasteiger partial charge in [0.1, 0.15) is 6.61 Å². The highest BCUT2D eigenvalue weighted by Gasteiger charge is 2.23. The molecule has 22 heavy (non-hydrogen) atoms. The molecule has 1 aromatic rings. The second-order valence-corrected chi connectivity index (χ2v) is 8.37. The molecule has 0 unspecified atom stereocenters. The third-order valence-electron chi connectivity index (χ3n) is 2.71. The molecule has 1 aromatic carbocycles. The number of rotatable bonds is 7. The number of carbonyl (C=O) groups excluding carboxylic acids is 1. The Bertz CT molecular complexity index is 457.